The molecule has 25 heavy (non-hydrogen) atoms. The molecule has 0 radical (unpaired) electrons. The Labute approximate surface area is 149 Å². The summed E-state index contributed by atoms with van der Waals surface area (Å²) in [6.45, 7) is 0.291. The minimum Gasteiger partial charge on any atom is -0.305 e. The van der Waals surface area contributed by atoms with E-state index in [1.807, 2.05) is 24.3 Å². The molecule has 0 aliphatic rings. The Morgan fingerprint density at radius 2 is 2.00 bits per heavy atom. The number of carbonyl (C=O) groups is 1. The fourth-order valence-electron chi connectivity index (χ4n) is 2.36. The molecule has 0 unspecified atom stereocenters. The number of thiazole rings is 1. The molecule has 1 amide bonds. The molecular weight excluding hydrogens is 356 g/mol. The number of sulfone groups is 1. The lowest BCUT2D eigenvalue weighted by Crippen LogP contribution is -2.16. The molecule has 0 aliphatic heterocycles. The average Bonchev–Trinajstić information content (AvgIpc) is 2.92. The Kier molecular flexibility index (Phi) is 4.57. The minimum atomic E-state index is -3.39. The van der Waals surface area contributed by atoms with Gasteiger partial charge < -0.3 is 4.57 Å². The third-order valence-corrected chi connectivity index (χ3v) is 5.71. The van der Waals surface area contributed by atoms with Gasteiger partial charge in [-0.15, -0.1) is 6.42 Å². The summed E-state index contributed by atoms with van der Waals surface area (Å²) in [5, 5.41) is 0. The van der Waals surface area contributed by atoms with Gasteiger partial charge in [-0.05, 0) is 30.3 Å². The summed E-state index contributed by atoms with van der Waals surface area (Å²) in [5.74, 6) is 2.05. The molecule has 2 aromatic carbocycles. The third-order valence-electron chi connectivity index (χ3n) is 3.54. The van der Waals surface area contributed by atoms with Crippen LogP contribution in [0, 0.1) is 12.3 Å². The molecular formula is C18H14N2O3S2. The summed E-state index contributed by atoms with van der Waals surface area (Å²) >= 11 is 1.36. The largest absolute Gasteiger partial charge is 0.305 e. The van der Waals surface area contributed by atoms with Gasteiger partial charge in [0.25, 0.3) is 5.91 Å². The van der Waals surface area contributed by atoms with Crippen molar-refractivity contribution in [3.63, 3.8) is 0 Å². The van der Waals surface area contributed by atoms with Crippen LogP contribution in [0.3, 0.4) is 0 Å². The van der Waals surface area contributed by atoms with E-state index >= 15 is 0 Å². The van der Waals surface area contributed by atoms with Gasteiger partial charge in [0.2, 0.25) is 0 Å². The van der Waals surface area contributed by atoms with E-state index < -0.39 is 15.7 Å². The first-order chi connectivity index (χ1) is 11.9. The Morgan fingerprint density at radius 1 is 1.24 bits per heavy atom. The molecule has 0 atom stereocenters. The first kappa shape index (κ1) is 17.1. The number of benzene rings is 2. The third kappa shape index (κ3) is 3.55. The molecule has 1 aromatic heterocycles. The highest BCUT2D eigenvalue weighted by molar-refractivity contribution is 7.90. The van der Waals surface area contributed by atoms with Crippen LogP contribution in [0.25, 0.3) is 10.2 Å². The van der Waals surface area contributed by atoms with Crippen molar-refractivity contribution >= 4 is 37.3 Å². The first-order valence-electron chi connectivity index (χ1n) is 7.31. The zero-order chi connectivity index (χ0) is 18.0. The van der Waals surface area contributed by atoms with Crippen molar-refractivity contribution in [1.82, 2.24) is 4.57 Å². The lowest BCUT2D eigenvalue weighted by atomic mass is 10.2. The first-order valence-corrected chi connectivity index (χ1v) is 10.0. The van der Waals surface area contributed by atoms with Gasteiger partial charge in [-0.1, -0.05) is 35.5 Å². The van der Waals surface area contributed by atoms with Crippen LogP contribution in [0.5, 0.6) is 0 Å². The normalized spacial score (nSPS) is 12.2. The Bertz CT molecular complexity index is 1180. The highest BCUT2D eigenvalue weighted by atomic mass is 32.2. The molecule has 126 valence electrons. The van der Waals surface area contributed by atoms with Crippen LogP contribution in [-0.4, -0.2) is 25.1 Å². The van der Waals surface area contributed by atoms with E-state index in [9.17, 15) is 13.2 Å². The lowest BCUT2D eigenvalue weighted by Gasteiger charge is -2.01. The van der Waals surface area contributed by atoms with E-state index in [2.05, 4.69) is 10.9 Å². The molecule has 0 fully saturated rings. The van der Waals surface area contributed by atoms with E-state index in [1.165, 1.54) is 29.5 Å². The van der Waals surface area contributed by atoms with E-state index in [-0.39, 0.29) is 10.5 Å². The molecule has 0 saturated carbocycles. The summed E-state index contributed by atoms with van der Waals surface area (Å²) in [6.07, 6.45) is 6.53. The van der Waals surface area contributed by atoms with Crippen LogP contribution in [0.1, 0.15) is 10.4 Å². The number of rotatable bonds is 3. The molecule has 7 heteroatoms. The van der Waals surface area contributed by atoms with Crippen LogP contribution in [0.15, 0.2) is 58.4 Å². The van der Waals surface area contributed by atoms with Crippen LogP contribution in [-0.2, 0) is 16.4 Å². The molecule has 0 N–H and O–H groups in total. The van der Waals surface area contributed by atoms with Crippen LogP contribution >= 0.6 is 11.3 Å². The number of hydrogen-bond donors (Lipinski definition) is 0. The Hall–Kier alpha value is -2.69. The predicted octanol–water partition coefficient (Wildman–Crippen LogP) is 2.48. The number of nitrogens with zero attached hydrogens (tertiary/aromatic N) is 2. The number of amides is 1. The van der Waals surface area contributed by atoms with Gasteiger partial charge in [0.15, 0.2) is 14.6 Å². The fourth-order valence-corrected chi connectivity index (χ4v) is 4.06. The van der Waals surface area contributed by atoms with E-state index in [1.54, 1.807) is 10.6 Å². The monoisotopic (exact) mass is 370 g/mol. The zero-order valence-corrected chi connectivity index (χ0v) is 15.0. The van der Waals surface area contributed by atoms with Crippen molar-refractivity contribution in [3.05, 3.63) is 58.9 Å². The second kappa shape index (κ2) is 6.67. The van der Waals surface area contributed by atoms with Crippen molar-refractivity contribution in [3.8, 4) is 12.3 Å². The number of hydrogen-bond acceptors (Lipinski definition) is 4. The van der Waals surface area contributed by atoms with Gasteiger partial charge in [0.05, 0.1) is 21.7 Å². The summed E-state index contributed by atoms with van der Waals surface area (Å²) in [5.41, 5.74) is 1.12. The molecule has 5 nitrogen and oxygen atoms in total. The van der Waals surface area contributed by atoms with E-state index in [4.69, 9.17) is 6.42 Å². The van der Waals surface area contributed by atoms with Crippen LogP contribution in [0.2, 0.25) is 0 Å². The molecule has 0 spiro atoms. The summed E-state index contributed by atoms with van der Waals surface area (Å²) in [4.78, 5) is 17.2. The van der Waals surface area contributed by atoms with E-state index in [0.29, 0.717) is 11.3 Å². The van der Waals surface area contributed by atoms with Crippen molar-refractivity contribution in [2.75, 3.05) is 6.26 Å². The van der Waals surface area contributed by atoms with Gasteiger partial charge in [0.1, 0.15) is 0 Å². The maximum Gasteiger partial charge on any atom is 0.279 e. The van der Waals surface area contributed by atoms with Crippen molar-refractivity contribution in [1.29, 1.82) is 0 Å². The van der Waals surface area contributed by atoms with Crippen LogP contribution in [0.4, 0.5) is 0 Å². The predicted molar refractivity (Wildman–Crippen MR) is 98.1 cm³/mol. The maximum absolute atomic E-state index is 12.5. The van der Waals surface area contributed by atoms with Gasteiger partial charge in [0, 0.05) is 11.8 Å². The van der Waals surface area contributed by atoms with Gasteiger partial charge in [-0.3, -0.25) is 4.79 Å². The topological polar surface area (TPSA) is 68.5 Å². The molecule has 3 aromatic rings. The lowest BCUT2D eigenvalue weighted by molar-refractivity contribution is 0.0997. The number of fused-ring (bicyclic) bond motifs is 1. The second-order valence-electron chi connectivity index (χ2n) is 5.36. The SMILES string of the molecule is C#CCn1c(=NC(=O)c2cccc(S(C)(=O)=O)c2)sc2ccccc21. The number of aromatic nitrogens is 1. The van der Waals surface area contributed by atoms with Crippen LogP contribution < -0.4 is 4.80 Å². The smallest absolute Gasteiger partial charge is 0.279 e. The van der Waals surface area contributed by atoms with Gasteiger partial charge in [-0.25, -0.2) is 8.42 Å². The van der Waals surface area contributed by atoms with E-state index in [0.717, 1.165) is 16.5 Å². The van der Waals surface area contributed by atoms with Crippen molar-refractivity contribution in [2.45, 2.75) is 11.4 Å². The fraction of sp³-hybridized carbons (Fsp3) is 0.111. The van der Waals surface area contributed by atoms with Crippen molar-refractivity contribution < 1.29 is 13.2 Å². The zero-order valence-electron chi connectivity index (χ0n) is 13.3. The quantitative estimate of drug-likeness (QED) is 0.665. The standard InChI is InChI=1S/C18H14N2O3S2/c1-3-11-20-15-9-4-5-10-16(15)24-18(20)19-17(21)13-7-6-8-14(12-13)25(2,22)23/h1,4-10,12H,11H2,2H3. The van der Waals surface area contributed by atoms with Gasteiger partial charge in [-0.2, -0.15) is 4.99 Å². The van der Waals surface area contributed by atoms with Gasteiger partial charge >= 0.3 is 0 Å². The summed E-state index contributed by atoms with van der Waals surface area (Å²) in [6, 6.07) is 13.5. The Balaban J connectivity index is 2.13. The second-order valence-corrected chi connectivity index (χ2v) is 8.38. The Morgan fingerprint density at radius 3 is 2.72 bits per heavy atom. The molecule has 0 aliphatic carbocycles. The highest BCUT2D eigenvalue weighted by Gasteiger charge is 2.12. The average molecular weight is 370 g/mol. The molecule has 0 saturated heterocycles. The number of para-hydroxylation sites is 1. The van der Waals surface area contributed by atoms with Crippen molar-refractivity contribution in [2.24, 2.45) is 4.99 Å². The maximum atomic E-state index is 12.5. The summed E-state index contributed by atoms with van der Waals surface area (Å²) < 4.78 is 26.1. The molecule has 3 rings (SSSR count). The highest BCUT2D eigenvalue weighted by Crippen LogP contribution is 2.17. The minimum absolute atomic E-state index is 0.0846. The molecule has 0 bridgehead atoms. The number of carbonyl (C=O) groups excluding carboxylic acids is 1. The number of terminal acetylenes is 1. The molecule has 1 heterocycles. The summed E-state index contributed by atoms with van der Waals surface area (Å²) in [7, 11) is -3.39.